The smallest absolute Gasteiger partial charge is 0.0456 e. The topological polar surface area (TPSA) is 64.1 Å². The van der Waals surface area contributed by atoms with Crippen molar-refractivity contribution in [3.05, 3.63) is 24.0 Å². The summed E-state index contributed by atoms with van der Waals surface area (Å²) in [5.41, 5.74) is 8.32. The molecule has 0 bridgehead atoms. The van der Waals surface area contributed by atoms with Crippen LogP contribution in [0.1, 0.15) is 6.92 Å². The number of nitrogens with one attached hydrogen (secondary N) is 1. The number of hydrazine groups is 1. The lowest BCUT2D eigenvalue weighted by Gasteiger charge is -1.94. The molecular weight excluding hydrogens is 102 g/mol. The van der Waals surface area contributed by atoms with Crippen LogP contribution in [0, 0.1) is 0 Å². The molecule has 0 saturated carbocycles. The van der Waals surface area contributed by atoms with Crippen molar-refractivity contribution in [2.24, 2.45) is 11.6 Å². The van der Waals surface area contributed by atoms with Crippen LogP contribution in [0.25, 0.3) is 0 Å². The molecule has 0 aromatic rings. The Balaban J connectivity index is 3.72. The molecule has 0 aliphatic carbocycles. The van der Waals surface area contributed by atoms with Gasteiger partial charge in [0.25, 0.3) is 0 Å². The predicted octanol–water partition coefficient (Wildman–Crippen LogP) is -0.174. The van der Waals surface area contributed by atoms with Gasteiger partial charge >= 0.3 is 0 Å². The SMILES string of the molecule is C/C=C(\C=C/N)NN. The summed E-state index contributed by atoms with van der Waals surface area (Å²) in [7, 11) is 0. The van der Waals surface area contributed by atoms with Crippen molar-refractivity contribution < 1.29 is 0 Å². The van der Waals surface area contributed by atoms with Crippen molar-refractivity contribution in [3.63, 3.8) is 0 Å². The largest absolute Gasteiger partial charge is 0.405 e. The monoisotopic (exact) mass is 113 g/mol. The molecule has 8 heavy (non-hydrogen) atoms. The van der Waals surface area contributed by atoms with Crippen molar-refractivity contribution in [1.29, 1.82) is 0 Å². The lowest BCUT2D eigenvalue weighted by molar-refractivity contribution is 0.912. The average molecular weight is 113 g/mol. The first-order valence-corrected chi connectivity index (χ1v) is 2.36. The van der Waals surface area contributed by atoms with Crippen LogP contribution in [0.4, 0.5) is 0 Å². The molecule has 0 spiro atoms. The normalized spacial score (nSPS) is 12.5. The van der Waals surface area contributed by atoms with E-state index in [1.54, 1.807) is 6.08 Å². The van der Waals surface area contributed by atoms with Gasteiger partial charge in [-0.15, -0.1) is 0 Å². The Kier molecular flexibility index (Phi) is 3.70. The second-order valence-electron chi connectivity index (χ2n) is 1.25. The third kappa shape index (κ3) is 2.25. The van der Waals surface area contributed by atoms with E-state index in [0.29, 0.717) is 0 Å². The minimum Gasteiger partial charge on any atom is -0.405 e. The van der Waals surface area contributed by atoms with Gasteiger partial charge in [-0.1, -0.05) is 6.08 Å². The highest BCUT2D eigenvalue weighted by Crippen LogP contribution is 1.84. The van der Waals surface area contributed by atoms with E-state index in [4.69, 9.17) is 11.6 Å². The molecule has 0 amide bonds. The lowest BCUT2D eigenvalue weighted by Crippen LogP contribution is -2.19. The van der Waals surface area contributed by atoms with Gasteiger partial charge in [0, 0.05) is 5.70 Å². The van der Waals surface area contributed by atoms with Gasteiger partial charge in [0.15, 0.2) is 0 Å². The van der Waals surface area contributed by atoms with E-state index < -0.39 is 0 Å². The molecule has 0 atom stereocenters. The zero-order chi connectivity index (χ0) is 6.41. The van der Waals surface area contributed by atoms with Gasteiger partial charge in [-0.2, -0.15) is 0 Å². The molecule has 0 unspecified atom stereocenters. The number of allylic oxidation sites excluding steroid dienone is 2. The second-order valence-corrected chi connectivity index (χ2v) is 1.25. The minimum atomic E-state index is 0.813. The summed E-state index contributed by atoms with van der Waals surface area (Å²) in [4.78, 5) is 0. The highest BCUT2D eigenvalue weighted by molar-refractivity contribution is 5.13. The van der Waals surface area contributed by atoms with Crippen molar-refractivity contribution in [2.45, 2.75) is 6.92 Å². The van der Waals surface area contributed by atoms with Crippen molar-refractivity contribution >= 4 is 0 Å². The summed E-state index contributed by atoms with van der Waals surface area (Å²) in [6.07, 6.45) is 4.93. The van der Waals surface area contributed by atoms with Gasteiger partial charge in [0.05, 0.1) is 0 Å². The molecule has 0 aromatic heterocycles. The van der Waals surface area contributed by atoms with Gasteiger partial charge in [-0.3, -0.25) is 5.84 Å². The maximum absolute atomic E-state index is 5.06. The summed E-state index contributed by atoms with van der Waals surface area (Å²) in [6.45, 7) is 1.87. The first-order chi connectivity index (χ1) is 3.85. The molecule has 0 radical (unpaired) electrons. The van der Waals surface area contributed by atoms with Crippen LogP contribution in [0.5, 0.6) is 0 Å². The number of rotatable bonds is 2. The molecule has 0 fully saturated rings. The number of hydrogen-bond donors (Lipinski definition) is 3. The molecule has 0 heterocycles. The van der Waals surface area contributed by atoms with Gasteiger partial charge in [0.1, 0.15) is 0 Å². The van der Waals surface area contributed by atoms with Crippen LogP contribution >= 0.6 is 0 Å². The number of hydrogen-bond acceptors (Lipinski definition) is 3. The van der Waals surface area contributed by atoms with Crippen LogP contribution in [0.3, 0.4) is 0 Å². The lowest BCUT2D eigenvalue weighted by atomic mass is 10.4. The Bertz CT molecular complexity index is 101. The third-order valence-corrected chi connectivity index (χ3v) is 0.753. The Morgan fingerprint density at radius 2 is 2.25 bits per heavy atom. The maximum atomic E-state index is 5.06. The molecule has 0 aliphatic rings. The molecule has 0 saturated heterocycles. The summed E-state index contributed by atoms with van der Waals surface area (Å²) in [6, 6.07) is 0. The fraction of sp³-hybridized carbons (Fsp3) is 0.200. The summed E-state index contributed by atoms with van der Waals surface area (Å²) in [5.74, 6) is 5.04. The summed E-state index contributed by atoms with van der Waals surface area (Å²) >= 11 is 0. The van der Waals surface area contributed by atoms with E-state index in [1.807, 2.05) is 13.0 Å². The zero-order valence-electron chi connectivity index (χ0n) is 4.89. The van der Waals surface area contributed by atoms with Gasteiger partial charge in [-0.05, 0) is 19.2 Å². The van der Waals surface area contributed by atoms with Gasteiger partial charge < -0.3 is 11.2 Å². The van der Waals surface area contributed by atoms with Crippen molar-refractivity contribution in [3.8, 4) is 0 Å². The standard InChI is InChI=1S/C5H11N3/c1-2-5(8-7)3-4-6/h2-4,8H,6-7H2,1H3/b4-3-,5-2+. The Labute approximate surface area is 49.0 Å². The van der Waals surface area contributed by atoms with E-state index in [-0.39, 0.29) is 0 Å². The van der Waals surface area contributed by atoms with Gasteiger partial charge in [0.2, 0.25) is 0 Å². The molecule has 0 rings (SSSR count). The van der Waals surface area contributed by atoms with Crippen molar-refractivity contribution in [1.82, 2.24) is 5.43 Å². The van der Waals surface area contributed by atoms with E-state index in [2.05, 4.69) is 5.43 Å². The Morgan fingerprint density at radius 1 is 1.62 bits per heavy atom. The maximum Gasteiger partial charge on any atom is 0.0456 e. The fourth-order valence-corrected chi connectivity index (χ4v) is 0.331. The molecule has 3 heteroatoms. The first kappa shape index (κ1) is 7.04. The van der Waals surface area contributed by atoms with E-state index in [0.717, 1.165) is 5.70 Å². The Hall–Kier alpha value is -0.960. The average Bonchev–Trinajstić information content (AvgIpc) is 1.83. The number of nitrogens with two attached hydrogens (primary N) is 2. The van der Waals surface area contributed by atoms with Crippen LogP contribution in [0.15, 0.2) is 24.0 Å². The van der Waals surface area contributed by atoms with Gasteiger partial charge in [-0.25, -0.2) is 0 Å². The molecule has 46 valence electrons. The van der Waals surface area contributed by atoms with Crippen molar-refractivity contribution in [2.75, 3.05) is 0 Å². The van der Waals surface area contributed by atoms with E-state index in [1.165, 1.54) is 6.20 Å². The molecular formula is C5H11N3. The fourth-order valence-electron chi connectivity index (χ4n) is 0.331. The molecule has 0 aliphatic heterocycles. The summed E-state index contributed by atoms with van der Waals surface area (Å²) in [5, 5.41) is 0. The van der Waals surface area contributed by atoms with Crippen LogP contribution in [-0.2, 0) is 0 Å². The Morgan fingerprint density at radius 3 is 2.38 bits per heavy atom. The van der Waals surface area contributed by atoms with Crippen LogP contribution in [0.2, 0.25) is 0 Å². The van der Waals surface area contributed by atoms with Crippen LogP contribution < -0.4 is 17.0 Å². The van der Waals surface area contributed by atoms with Crippen LogP contribution in [-0.4, -0.2) is 0 Å². The predicted molar refractivity (Wildman–Crippen MR) is 34.4 cm³/mol. The zero-order valence-corrected chi connectivity index (χ0v) is 4.89. The minimum absolute atomic E-state index is 0.813. The van der Waals surface area contributed by atoms with E-state index in [9.17, 15) is 0 Å². The second kappa shape index (κ2) is 4.21. The van der Waals surface area contributed by atoms with E-state index >= 15 is 0 Å². The quantitative estimate of drug-likeness (QED) is 0.264. The highest BCUT2D eigenvalue weighted by atomic mass is 15.2. The molecule has 5 N–H and O–H groups in total. The summed E-state index contributed by atoms with van der Waals surface area (Å²) < 4.78 is 0. The highest BCUT2D eigenvalue weighted by Gasteiger charge is 1.77. The molecule has 0 aromatic carbocycles. The third-order valence-electron chi connectivity index (χ3n) is 0.753. The first-order valence-electron chi connectivity index (χ1n) is 2.36. The molecule has 3 nitrogen and oxygen atoms in total.